The summed E-state index contributed by atoms with van der Waals surface area (Å²) in [5, 5.41) is 17.4. The highest BCUT2D eigenvalue weighted by Gasteiger charge is 2.24. The lowest BCUT2D eigenvalue weighted by Crippen LogP contribution is -2.20. The van der Waals surface area contributed by atoms with Gasteiger partial charge in [0, 0.05) is 5.69 Å². The van der Waals surface area contributed by atoms with Crippen LogP contribution in [0.25, 0.3) is 0 Å². The third-order valence-corrected chi connectivity index (χ3v) is 4.16. The molecular formula is C14H15BrN4O3. The highest BCUT2D eigenvalue weighted by atomic mass is 79.9. The molecule has 7 nitrogen and oxygen atoms in total. The van der Waals surface area contributed by atoms with Crippen LogP contribution in [0.3, 0.4) is 0 Å². The van der Waals surface area contributed by atoms with Crippen molar-refractivity contribution in [2.75, 3.05) is 5.32 Å². The smallest absolute Gasteiger partial charge is 0.358 e. The molecule has 0 radical (unpaired) electrons. The minimum atomic E-state index is -0.588. The van der Waals surface area contributed by atoms with E-state index in [1.54, 1.807) is 6.92 Å². The molecule has 8 heteroatoms. The van der Waals surface area contributed by atoms with E-state index < -0.39 is 4.92 Å². The van der Waals surface area contributed by atoms with Crippen molar-refractivity contribution in [3.63, 3.8) is 0 Å². The summed E-state index contributed by atoms with van der Waals surface area (Å²) in [6.45, 7) is 3.63. The Morgan fingerprint density at radius 3 is 2.55 bits per heavy atom. The molecule has 0 aliphatic carbocycles. The molecule has 2 rings (SSSR count). The number of carbonyl (C=O) groups is 1. The molecule has 1 aromatic carbocycles. The van der Waals surface area contributed by atoms with E-state index >= 15 is 0 Å². The van der Waals surface area contributed by atoms with E-state index in [1.807, 2.05) is 24.3 Å². The molecule has 0 aliphatic heterocycles. The number of benzene rings is 1. The average Bonchev–Trinajstić information content (AvgIpc) is 2.76. The van der Waals surface area contributed by atoms with Gasteiger partial charge in [-0.2, -0.15) is 4.68 Å². The van der Waals surface area contributed by atoms with Crippen LogP contribution < -0.4 is 5.32 Å². The number of hydrogen-bond acceptors (Lipinski definition) is 4. The fourth-order valence-electron chi connectivity index (χ4n) is 1.94. The maximum atomic E-state index is 12.0. The van der Waals surface area contributed by atoms with Gasteiger partial charge >= 0.3 is 5.82 Å². The summed E-state index contributed by atoms with van der Waals surface area (Å²) >= 11 is 3.12. The lowest BCUT2D eigenvalue weighted by atomic mass is 10.1. The molecule has 1 amide bonds. The van der Waals surface area contributed by atoms with Crippen LogP contribution in [0.15, 0.2) is 28.7 Å². The molecule has 0 unspecified atom stereocenters. The monoisotopic (exact) mass is 366 g/mol. The molecule has 0 saturated heterocycles. The number of nitrogens with zero attached hydrogens (tertiary/aromatic N) is 3. The van der Waals surface area contributed by atoms with Gasteiger partial charge in [-0.25, -0.2) is 0 Å². The summed E-state index contributed by atoms with van der Waals surface area (Å²) in [7, 11) is 0. The Bertz CT molecular complexity index is 710. The molecule has 1 N–H and O–H groups in total. The highest BCUT2D eigenvalue weighted by molar-refractivity contribution is 9.10. The first-order valence-corrected chi connectivity index (χ1v) is 7.47. The maximum absolute atomic E-state index is 12.0. The molecule has 0 aliphatic rings. The quantitative estimate of drug-likeness (QED) is 0.650. The van der Waals surface area contributed by atoms with Gasteiger partial charge in [-0.1, -0.05) is 19.1 Å². The van der Waals surface area contributed by atoms with E-state index in [0.717, 1.165) is 6.42 Å². The third kappa shape index (κ3) is 3.51. The molecular weight excluding hydrogens is 352 g/mol. The molecule has 1 heterocycles. The minimum Gasteiger partial charge on any atom is -0.358 e. The number of aromatic nitrogens is 2. The topological polar surface area (TPSA) is 90.1 Å². The Balaban J connectivity index is 2.08. The molecule has 0 fully saturated rings. The van der Waals surface area contributed by atoms with Gasteiger partial charge in [0.1, 0.15) is 11.0 Å². The Morgan fingerprint density at radius 1 is 1.41 bits per heavy atom. The summed E-state index contributed by atoms with van der Waals surface area (Å²) in [5.41, 5.74) is 2.39. The van der Waals surface area contributed by atoms with Crippen LogP contribution in [0.2, 0.25) is 0 Å². The molecule has 0 spiro atoms. The Hall–Kier alpha value is -2.22. The number of nitro groups is 1. The second-order valence-corrected chi connectivity index (χ2v) is 5.53. The van der Waals surface area contributed by atoms with E-state index in [2.05, 4.69) is 33.3 Å². The van der Waals surface area contributed by atoms with Crippen molar-refractivity contribution < 1.29 is 9.72 Å². The van der Waals surface area contributed by atoms with Crippen molar-refractivity contribution in [3.8, 4) is 0 Å². The normalized spacial score (nSPS) is 10.5. The summed E-state index contributed by atoms with van der Waals surface area (Å²) in [6, 6.07) is 7.53. The first-order valence-electron chi connectivity index (χ1n) is 6.68. The lowest BCUT2D eigenvalue weighted by molar-refractivity contribution is -0.390. The summed E-state index contributed by atoms with van der Waals surface area (Å²) in [5.74, 6) is -0.588. The second kappa shape index (κ2) is 6.69. The predicted octanol–water partition coefficient (Wildman–Crippen LogP) is 3.06. The van der Waals surface area contributed by atoms with Crippen LogP contribution in [0, 0.1) is 17.0 Å². The fraction of sp³-hybridized carbons (Fsp3) is 0.286. The number of carbonyl (C=O) groups excluding carboxylic acids is 1. The van der Waals surface area contributed by atoms with Gasteiger partial charge in [0.2, 0.25) is 5.91 Å². The second-order valence-electron chi connectivity index (χ2n) is 4.74. The van der Waals surface area contributed by atoms with Gasteiger partial charge in [0.05, 0.1) is 10.8 Å². The van der Waals surface area contributed by atoms with Crippen molar-refractivity contribution in [1.29, 1.82) is 0 Å². The van der Waals surface area contributed by atoms with Gasteiger partial charge in [0.15, 0.2) is 0 Å². The van der Waals surface area contributed by atoms with Crippen LogP contribution in [-0.4, -0.2) is 20.6 Å². The first kappa shape index (κ1) is 16.2. The van der Waals surface area contributed by atoms with Crippen LogP contribution in [0.4, 0.5) is 11.5 Å². The number of halogens is 1. The van der Waals surface area contributed by atoms with Gasteiger partial charge in [0.25, 0.3) is 0 Å². The fourth-order valence-corrected chi connectivity index (χ4v) is 2.37. The molecule has 22 heavy (non-hydrogen) atoms. The number of hydrogen-bond donors (Lipinski definition) is 1. The average molecular weight is 367 g/mol. The van der Waals surface area contributed by atoms with Crippen molar-refractivity contribution in [2.24, 2.45) is 0 Å². The van der Waals surface area contributed by atoms with Gasteiger partial charge in [-0.3, -0.25) is 4.79 Å². The maximum Gasteiger partial charge on any atom is 0.404 e. The van der Waals surface area contributed by atoms with Gasteiger partial charge < -0.3 is 15.4 Å². The lowest BCUT2D eigenvalue weighted by Gasteiger charge is -2.05. The zero-order chi connectivity index (χ0) is 16.3. The summed E-state index contributed by atoms with van der Waals surface area (Å²) in [6.07, 6.45) is 0.929. The van der Waals surface area contributed by atoms with Crippen LogP contribution in [-0.2, 0) is 17.8 Å². The van der Waals surface area contributed by atoms with Gasteiger partial charge in [-0.15, -0.1) is 0 Å². The van der Waals surface area contributed by atoms with Crippen molar-refractivity contribution >= 4 is 33.3 Å². The zero-order valence-electron chi connectivity index (χ0n) is 12.2. The Labute approximate surface area is 135 Å². The number of anilines is 1. The van der Waals surface area contributed by atoms with E-state index in [-0.39, 0.29) is 22.7 Å². The van der Waals surface area contributed by atoms with E-state index in [1.165, 1.54) is 10.2 Å². The van der Waals surface area contributed by atoms with Crippen molar-refractivity contribution in [3.05, 3.63) is 50.1 Å². The Kier molecular flexibility index (Phi) is 4.92. The largest absolute Gasteiger partial charge is 0.404 e. The number of amides is 1. The summed E-state index contributed by atoms with van der Waals surface area (Å²) < 4.78 is 1.59. The van der Waals surface area contributed by atoms with E-state index in [0.29, 0.717) is 11.4 Å². The van der Waals surface area contributed by atoms with Gasteiger partial charge in [-0.05, 0) is 51.9 Å². The van der Waals surface area contributed by atoms with Crippen LogP contribution in [0.1, 0.15) is 18.2 Å². The number of nitrogens with one attached hydrogen (secondary N) is 1. The number of rotatable bonds is 5. The zero-order valence-corrected chi connectivity index (χ0v) is 13.8. The number of aryl methyl sites for hydroxylation is 1. The molecule has 1 aromatic heterocycles. The SMILES string of the molecule is CCc1ccc(NC(=O)Cn2nc([N+](=O)[O-])c(Br)c2C)cc1. The molecule has 0 atom stereocenters. The van der Waals surface area contributed by atoms with Crippen molar-refractivity contribution in [2.45, 2.75) is 26.8 Å². The highest BCUT2D eigenvalue weighted by Crippen LogP contribution is 2.26. The minimum absolute atomic E-state index is 0.0895. The predicted molar refractivity (Wildman–Crippen MR) is 85.8 cm³/mol. The van der Waals surface area contributed by atoms with Crippen LogP contribution >= 0.6 is 15.9 Å². The standard InChI is InChI=1S/C14H15BrN4O3/c1-3-10-4-6-11(7-5-10)16-12(20)8-18-9(2)13(15)14(17-18)19(21)22/h4-7H,3,8H2,1-2H3,(H,16,20). The first-order chi connectivity index (χ1) is 10.4. The van der Waals surface area contributed by atoms with Crippen LogP contribution in [0.5, 0.6) is 0 Å². The van der Waals surface area contributed by atoms with E-state index in [9.17, 15) is 14.9 Å². The van der Waals surface area contributed by atoms with Crippen molar-refractivity contribution in [1.82, 2.24) is 9.78 Å². The molecule has 0 bridgehead atoms. The third-order valence-electron chi connectivity index (χ3n) is 3.23. The van der Waals surface area contributed by atoms with E-state index in [4.69, 9.17) is 0 Å². The Morgan fingerprint density at radius 2 is 2.05 bits per heavy atom. The molecule has 116 valence electrons. The molecule has 0 saturated carbocycles. The summed E-state index contributed by atoms with van der Waals surface area (Å²) in [4.78, 5) is 22.3. The molecule has 2 aromatic rings.